The predicted molar refractivity (Wildman–Crippen MR) is 101 cm³/mol. The summed E-state index contributed by atoms with van der Waals surface area (Å²) in [6.45, 7) is 10.3. The average molecular weight is 436 g/mol. The van der Waals surface area contributed by atoms with Crippen LogP contribution in [0, 0.1) is 11.3 Å². The van der Waals surface area contributed by atoms with Crippen molar-refractivity contribution in [1.29, 1.82) is 0 Å². The van der Waals surface area contributed by atoms with Crippen molar-refractivity contribution in [3.8, 4) is 0 Å². The Kier molecular flexibility index (Phi) is 5.81. The molecule has 3 fully saturated rings. The lowest BCUT2D eigenvalue weighted by Crippen LogP contribution is -2.68. The lowest BCUT2D eigenvalue weighted by molar-refractivity contribution is -0.130. The van der Waals surface area contributed by atoms with Crippen LogP contribution in [0.15, 0.2) is 4.99 Å². The smallest absolute Gasteiger partial charge is 0.219 e. The first-order valence-electron chi connectivity index (χ1n) is 8.30. The monoisotopic (exact) mass is 436 g/mol. The minimum atomic E-state index is 0. The summed E-state index contributed by atoms with van der Waals surface area (Å²) in [5, 5.41) is 3.67. The number of fused-ring (bicyclic) bond motifs is 1. The third-order valence-corrected chi connectivity index (χ3v) is 5.62. The van der Waals surface area contributed by atoms with Crippen LogP contribution in [0.4, 0.5) is 0 Å². The summed E-state index contributed by atoms with van der Waals surface area (Å²) in [7, 11) is 1.84. The third kappa shape index (κ3) is 3.31. The molecule has 2 aliphatic heterocycles. The summed E-state index contributed by atoms with van der Waals surface area (Å²) >= 11 is 0. The zero-order chi connectivity index (χ0) is 15.9. The number of hydrogen-bond donors (Lipinski definition) is 1. The normalized spacial score (nSPS) is 32.7. The zero-order valence-corrected chi connectivity index (χ0v) is 16.9. The summed E-state index contributed by atoms with van der Waals surface area (Å²) < 4.78 is 5.86. The van der Waals surface area contributed by atoms with Crippen molar-refractivity contribution in [3.63, 3.8) is 0 Å². The highest BCUT2D eigenvalue weighted by Crippen LogP contribution is 2.52. The number of nitrogens with one attached hydrogen (secondary N) is 1. The molecule has 2 heterocycles. The highest BCUT2D eigenvalue weighted by molar-refractivity contribution is 14.0. The van der Waals surface area contributed by atoms with E-state index in [0.717, 1.165) is 45.2 Å². The number of nitrogens with zero attached hydrogens (tertiary/aromatic N) is 3. The maximum atomic E-state index is 11.4. The fourth-order valence-electron chi connectivity index (χ4n) is 4.29. The lowest BCUT2D eigenvalue weighted by Gasteiger charge is -2.55. The molecule has 0 aromatic heterocycles. The second kappa shape index (κ2) is 7.13. The van der Waals surface area contributed by atoms with E-state index in [1.54, 1.807) is 6.92 Å². The molecule has 0 radical (unpaired) electrons. The van der Waals surface area contributed by atoms with E-state index in [1.807, 2.05) is 11.9 Å². The van der Waals surface area contributed by atoms with Crippen molar-refractivity contribution in [2.75, 3.05) is 39.8 Å². The molecule has 1 aliphatic carbocycles. The Morgan fingerprint density at radius 3 is 2.39 bits per heavy atom. The third-order valence-electron chi connectivity index (χ3n) is 5.62. The largest absolute Gasteiger partial charge is 0.377 e. The average Bonchev–Trinajstić information content (AvgIpc) is 2.95. The minimum Gasteiger partial charge on any atom is -0.377 e. The first-order valence-corrected chi connectivity index (χ1v) is 8.30. The molecule has 0 spiro atoms. The van der Waals surface area contributed by atoms with Gasteiger partial charge in [-0.15, -0.1) is 24.0 Å². The van der Waals surface area contributed by atoms with Gasteiger partial charge in [0.2, 0.25) is 5.91 Å². The molecule has 7 heteroatoms. The van der Waals surface area contributed by atoms with Crippen molar-refractivity contribution in [3.05, 3.63) is 0 Å². The highest BCUT2D eigenvalue weighted by Gasteiger charge is 2.59. The number of carbonyl (C=O) groups is 1. The maximum Gasteiger partial charge on any atom is 0.219 e. The molecule has 0 bridgehead atoms. The molecule has 3 aliphatic rings. The quantitative estimate of drug-likeness (QED) is 0.381. The Morgan fingerprint density at radius 1 is 1.22 bits per heavy atom. The molecular weight excluding hydrogens is 407 g/mol. The van der Waals surface area contributed by atoms with Crippen LogP contribution < -0.4 is 5.32 Å². The van der Waals surface area contributed by atoms with E-state index in [0.29, 0.717) is 18.1 Å². The molecule has 3 atom stereocenters. The summed E-state index contributed by atoms with van der Waals surface area (Å²) in [6.07, 6.45) is 1.53. The molecular formula is C16H29IN4O2. The number of guanidine groups is 1. The molecule has 132 valence electrons. The summed E-state index contributed by atoms with van der Waals surface area (Å²) in [4.78, 5) is 20.1. The first-order chi connectivity index (χ1) is 10.4. The van der Waals surface area contributed by atoms with Gasteiger partial charge in [-0.25, -0.2) is 0 Å². The van der Waals surface area contributed by atoms with Crippen molar-refractivity contribution in [2.45, 2.75) is 39.3 Å². The molecule has 1 N–H and O–H groups in total. The molecule has 3 rings (SSSR count). The van der Waals surface area contributed by atoms with Crippen LogP contribution in [0.2, 0.25) is 0 Å². The predicted octanol–water partition coefficient (Wildman–Crippen LogP) is 1.16. The molecule has 1 amide bonds. The molecule has 2 saturated heterocycles. The Labute approximate surface area is 156 Å². The van der Waals surface area contributed by atoms with Gasteiger partial charge in [0.25, 0.3) is 0 Å². The van der Waals surface area contributed by atoms with Crippen molar-refractivity contribution < 1.29 is 9.53 Å². The standard InChI is InChI=1S/C16H28N4O2.HI/c1-11(21)19-6-8-20(9-7-19)15(17-4)18-13-12-5-10-22-14(12)16(13,2)3;/h12-14H,5-10H2,1-4H3,(H,17,18);1H. The van der Waals surface area contributed by atoms with Crippen LogP contribution in [-0.4, -0.2) is 73.6 Å². The van der Waals surface area contributed by atoms with Crippen LogP contribution in [0.5, 0.6) is 0 Å². The van der Waals surface area contributed by atoms with Gasteiger partial charge in [0.15, 0.2) is 5.96 Å². The van der Waals surface area contributed by atoms with Crippen LogP contribution in [-0.2, 0) is 9.53 Å². The molecule has 0 aromatic carbocycles. The van der Waals surface area contributed by atoms with E-state index >= 15 is 0 Å². The molecule has 6 nitrogen and oxygen atoms in total. The topological polar surface area (TPSA) is 57.2 Å². The van der Waals surface area contributed by atoms with Gasteiger partial charge in [-0.2, -0.15) is 0 Å². The van der Waals surface area contributed by atoms with Crippen molar-refractivity contribution >= 4 is 35.8 Å². The number of halogens is 1. The number of piperazine rings is 1. The number of ether oxygens (including phenoxy) is 1. The van der Waals surface area contributed by atoms with E-state index in [-0.39, 0.29) is 35.3 Å². The Morgan fingerprint density at radius 2 is 1.83 bits per heavy atom. The molecule has 1 saturated carbocycles. The van der Waals surface area contributed by atoms with Gasteiger partial charge in [0.05, 0.1) is 6.10 Å². The van der Waals surface area contributed by atoms with Gasteiger partial charge in [-0.1, -0.05) is 13.8 Å². The van der Waals surface area contributed by atoms with E-state index in [4.69, 9.17) is 4.74 Å². The molecule has 0 aromatic rings. The number of carbonyl (C=O) groups excluding carboxylic acids is 1. The second-order valence-electron chi connectivity index (χ2n) is 7.23. The molecule has 3 unspecified atom stereocenters. The first kappa shape index (κ1) is 18.8. The van der Waals surface area contributed by atoms with E-state index in [1.165, 1.54) is 0 Å². The van der Waals surface area contributed by atoms with E-state index in [9.17, 15) is 4.79 Å². The second-order valence-corrected chi connectivity index (χ2v) is 7.23. The Balaban J connectivity index is 0.00000192. The van der Waals surface area contributed by atoms with Crippen LogP contribution in [0.3, 0.4) is 0 Å². The van der Waals surface area contributed by atoms with Gasteiger partial charge < -0.3 is 19.9 Å². The SMILES string of the molecule is CN=C(NC1C2CCOC2C1(C)C)N1CCN(C(C)=O)CC1.I. The number of aliphatic imine (C=N–C) groups is 1. The lowest BCUT2D eigenvalue weighted by atomic mass is 9.57. The van der Waals surface area contributed by atoms with E-state index in [2.05, 4.69) is 29.1 Å². The Bertz CT molecular complexity index is 475. The van der Waals surface area contributed by atoms with Crippen LogP contribution >= 0.6 is 24.0 Å². The van der Waals surface area contributed by atoms with Crippen molar-refractivity contribution in [2.24, 2.45) is 16.3 Å². The van der Waals surface area contributed by atoms with E-state index < -0.39 is 0 Å². The number of hydrogen-bond acceptors (Lipinski definition) is 3. The van der Waals surface area contributed by atoms with Crippen LogP contribution in [0.1, 0.15) is 27.2 Å². The van der Waals surface area contributed by atoms with Gasteiger partial charge in [-0.05, 0) is 6.42 Å². The van der Waals surface area contributed by atoms with Crippen LogP contribution in [0.25, 0.3) is 0 Å². The fourth-order valence-corrected chi connectivity index (χ4v) is 4.29. The van der Waals surface area contributed by atoms with Gasteiger partial charge in [-0.3, -0.25) is 9.79 Å². The van der Waals surface area contributed by atoms with Gasteiger partial charge in [0.1, 0.15) is 0 Å². The fraction of sp³-hybridized carbons (Fsp3) is 0.875. The summed E-state index contributed by atoms with van der Waals surface area (Å²) in [5.74, 6) is 1.73. The number of amides is 1. The zero-order valence-electron chi connectivity index (χ0n) is 14.5. The Hall–Kier alpha value is -0.570. The highest BCUT2D eigenvalue weighted by atomic mass is 127. The van der Waals surface area contributed by atoms with Crippen molar-refractivity contribution in [1.82, 2.24) is 15.1 Å². The minimum absolute atomic E-state index is 0. The number of rotatable bonds is 1. The summed E-state index contributed by atoms with van der Waals surface area (Å²) in [5.41, 5.74) is 0.151. The summed E-state index contributed by atoms with van der Waals surface area (Å²) in [6, 6.07) is 0.421. The maximum absolute atomic E-state index is 11.4. The van der Waals surface area contributed by atoms with Gasteiger partial charge in [0, 0.05) is 64.1 Å². The van der Waals surface area contributed by atoms with Gasteiger partial charge >= 0.3 is 0 Å². The molecule has 23 heavy (non-hydrogen) atoms.